The van der Waals surface area contributed by atoms with Gasteiger partial charge in [0, 0.05) is 5.75 Å². The number of nitrogens with two attached hydrogens (primary N) is 1. The van der Waals surface area contributed by atoms with Crippen molar-refractivity contribution in [2.45, 2.75) is 12.7 Å². The van der Waals surface area contributed by atoms with Crippen LogP contribution in [0.5, 0.6) is 11.5 Å². The van der Waals surface area contributed by atoms with Gasteiger partial charge in [-0.05, 0) is 46.1 Å². The third kappa shape index (κ3) is 6.10. The topological polar surface area (TPSA) is 69.2 Å². The molecule has 0 spiro atoms. The molecule has 0 saturated carbocycles. The Morgan fingerprint density at radius 3 is 2.72 bits per heavy atom. The molecule has 2 aromatic rings. The first-order valence-electron chi connectivity index (χ1n) is 7.67. The van der Waals surface area contributed by atoms with E-state index in [1.165, 1.54) is 17.3 Å². The van der Waals surface area contributed by atoms with E-state index < -0.39 is 0 Å². The third-order valence-electron chi connectivity index (χ3n) is 3.13. The van der Waals surface area contributed by atoms with Gasteiger partial charge in [0.05, 0.1) is 24.4 Å². The van der Waals surface area contributed by atoms with Crippen molar-refractivity contribution in [3.05, 3.63) is 58.1 Å². The van der Waals surface area contributed by atoms with Crippen molar-refractivity contribution in [3.63, 3.8) is 0 Å². The zero-order chi connectivity index (χ0) is 18.1. The van der Waals surface area contributed by atoms with Gasteiger partial charge in [-0.15, -0.1) is 5.10 Å². The summed E-state index contributed by atoms with van der Waals surface area (Å²) in [6.07, 6.45) is 1.63. The zero-order valence-corrected chi connectivity index (χ0v) is 16.5. The molecular weight excluding hydrogens is 402 g/mol. The molecule has 2 rings (SSSR count). The highest BCUT2D eigenvalue weighted by molar-refractivity contribution is 9.10. The van der Waals surface area contributed by atoms with Gasteiger partial charge in [-0.25, -0.2) is 0 Å². The fourth-order valence-electron chi connectivity index (χ4n) is 2.04. The number of rotatable bonds is 7. The second-order valence-electron chi connectivity index (χ2n) is 4.92. The number of methoxy groups -OCH3 is 1. The molecule has 0 fully saturated rings. The van der Waals surface area contributed by atoms with Crippen molar-refractivity contribution in [1.29, 1.82) is 0 Å². The number of hydrogen-bond acceptors (Lipinski definition) is 5. The van der Waals surface area contributed by atoms with Gasteiger partial charge in [0.2, 0.25) is 0 Å². The minimum absolute atomic E-state index is 0.415. The summed E-state index contributed by atoms with van der Waals surface area (Å²) in [5.41, 5.74) is 7.91. The van der Waals surface area contributed by atoms with Crippen molar-refractivity contribution in [3.8, 4) is 11.5 Å². The highest BCUT2D eigenvalue weighted by Crippen LogP contribution is 2.36. The van der Waals surface area contributed by atoms with E-state index >= 15 is 0 Å². The van der Waals surface area contributed by atoms with Crippen LogP contribution in [0, 0.1) is 0 Å². The Morgan fingerprint density at radius 1 is 1.28 bits per heavy atom. The lowest BCUT2D eigenvalue weighted by Crippen LogP contribution is -2.06. The largest absolute Gasteiger partial charge is 0.492 e. The number of thioether (sulfide) groups is 1. The van der Waals surface area contributed by atoms with E-state index in [4.69, 9.17) is 15.2 Å². The molecule has 0 saturated heterocycles. The summed E-state index contributed by atoms with van der Waals surface area (Å²) >= 11 is 4.91. The van der Waals surface area contributed by atoms with Crippen LogP contribution in [0.4, 0.5) is 0 Å². The van der Waals surface area contributed by atoms with Crippen LogP contribution in [0.15, 0.2) is 57.1 Å². The molecule has 132 valence electrons. The minimum Gasteiger partial charge on any atom is -0.492 e. The molecule has 0 aliphatic heterocycles. The molecule has 0 bridgehead atoms. The monoisotopic (exact) mass is 421 g/mol. The van der Waals surface area contributed by atoms with Crippen LogP contribution in [0.3, 0.4) is 0 Å². The number of hydrogen-bond donors (Lipinski definition) is 1. The van der Waals surface area contributed by atoms with Crippen LogP contribution >= 0.6 is 27.7 Å². The quantitative estimate of drug-likeness (QED) is 0.407. The SMILES string of the molecule is CCOc1cc(C=NN=C(N)SCc2ccccc2)cc(Br)c1OC. The molecule has 0 aliphatic rings. The van der Waals surface area contributed by atoms with Gasteiger partial charge >= 0.3 is 0 Å². The Bertz CT molecular complexity index is 751. The molecule has 0 aliphatic carbocycles. The van der Waals surface area contributed by atoms with Gasteiger partial charge in [-0.1, -0.05) is 42.1 Å². The van der Waals surface area contributed by atoms with Crippen LogP contribution in [0.1, 0.15) is 18.1 Å². The molecular formula is C18H20BrN3O2S. The maximum atomic E-state index is 5.88. The van der Waals surface area contributed by atoms with Crippen molar-refractivity contribution in [2.75, 3.05) is 13.7 Å². The first-order chi connectivity index (χ1) is 12.1. The predicted octanol–water partition coefficient (Wildman–Crippen LogP) is 4.44. The number of ether oxygens (including phenoxy) is 2. The molecule has 5 nitrogen and oxygen atoms in total. The average molecular weight is 422 g/mol. The maximum Gasteiger partial charge on any atom is 0.180 e. The van der Waals surface area contributed by atoms with E-state index in [1.807, 2.05) is 49.4 Å². The molecule has 0 aromatic heterocycles. The van der Waals surface area contributed by atoms with E-state index in [-0.39, 0.29) is 0 Å². The Morgan fingerprint density at radius 2 is 2.04 bits per heavy atom. The summed E-state index contributed by atoms with van der Waals surface area (Å²) in [5, 5.41) is 8.49. The van der Waals surface area contributed by atoms with Crippen LogP contribution in [0.2, 0.25) is 0 Å². The van der Waals surface area contributed by atoms with Crippen molar-refractivity contribution in [1.82, 2.24) is 0 Å². The molecule has 0 amide bonds. The van der Waals surface area contributed by atoms with Crippen LogP contribution in [-0.2, 0) is 5.75 Å². The fraction of sp³-hybridized carbons (Fsp3) is 0.222. The zero-order valence-electron chi connectivity index (χ0n) is 14.1. The van der Waals surface area contributed by atoms with Crippen LogP contribution in [-0.4, -0.2) is 25.1 Å². The van der Waals surface area contributed by atoms with Crippen LogP contribution in [0.25, 0.3) is 0 Å². The van der Waals surface area contributed by atoms with Crippen molar-refractivity contribution < 1.29 is 9.47 Å². The van der Waals surface area contributed by atoms with Gasteiger partial charge in [-0.2, -0.15) is 5.10 Å². The van der Waals surface area contributed by atoms with E-state index in [1.54, 1.807) is 13.3 Å². The number of benzene rings is 2. The molecule has 0 unspecified atom stereocenters. The van der Waals surface area contributed by atoms with Gasteiger partial charge in [0.25, 0.3) is 0 Å². The summed E-state index contributed by atoms with van der Waals surface area (Å²) in [4.78, 5) is 0. The lowest BCUT2D eigenvalue weighted by atomic mass is 10.2. The first kappa shape index (κ1) is 19.3. The summed E-state index contributed by atoms with van der Waals surface area (Å²) < 4.78 is 11.7. The standard InChI is InChI=1S/C18H20BrN3O2S/c1-3-24-16-10-14(9-15(19)17(16)23-2)11-21-22-18(20)25-12-13-7-5-4-6-8-13/h4-11H,3,12H2,1-2H3,(H2,20,22). The molecule has 25 heavy (non-hydrogen) atoms. The number of amidine groups is 1. The smallest absolute Gasteiger partial charge is 0.180 e. The first-order valence-corrected chi connectivity index (χ1v) is 9.45. The average Bonchev–Trinajstić information content (AvgIpc) is 2.61. The Kier molecular flexibility index (Phi) is 7.81. The Hall–Kier alpha value is -1.99. The minimum atomic E-state index is 0.415. The highest BCUT2D eigenvalue weighted by atomic mass is 79.9. The summed E-state index contributed by atoms with van der Waals surface area (Å²) in [7, 11) is 1.60. The highest BCUT2D eigenvalue weighted by Gasteiger charge is 2.10. The number of halogens is 1. The van der Waals surface area contributed by atoms with E-state index in [0.29, 0.717) is 23.3 Å². The van der Waals surface area contributed by atoms with E-state index in [0.717, 1.165) is 15.8 Å². The van der Waals surface area contributed by atoms with Gasteiger partial charge in [0.15, 0.2) is 16.7 Å². The third-order valence-corrected chi connectivity index (χ3v) is 4.57. The second kappa shape index (κ2) is 10.1. The van der Waals surface area contributed by atoms with Gasteiger partial charge < -0.3 is 15.2 Å². The second-order valence-corrected chi connectivity index (χ2v) is 6.77. The molecule has 2 N–H and O–H groups in total. The normalized spacial score (nSPS) is 11.7. The Balaban J connectivity index is 2.02. The molecule has 2 aromatic carbocycles. The summed E-state index contributed by atoms with van der Waals surface area (Å²) in [6, 6.07) is 13.8. The van der Waals surface area contributed by atoms with Gasteiger partial charge in [-0.3, -0.25) is 0 Å². The van der Waals surface area contributed by atoms with E-state index in [9.17, 15) is 0 Å². The summed E-state index contributed by atoms with van der Waals surface area (Å²) in [6.45, 7) is 2.47. The van der Waals surface area contributed by atoms with E-state index in [2.05, 4.69) is 26.1 Å². The lowest BCUT2D eigenvalue weighted by molar-refractivity contribution is 0.310. The fourth-order valence-corrected chi connectivity index (χ4v) is 3.27. The lowest BCUT2D eigenvalue weighted by Gasteiger charge is -2.11. The van der Waals surface area contributed by atoms with Crippen LogP contribution < -0.4 is 15.2 Å². The molecule has 0 heterocycles. The van der Waals surface area contributed by atoms with Gasteiger partial charge in [0.1, 0.15) is 0 Å². The molecule has 0 atom stereocenters. The molecule has 0 radical (unpaired) electrons. The maximum absolute atomic E-state index is 5.88. The Labute approximate surface area is 160 Å². The summed E-state index contributed by atoms with van der Waals surface area (Å²) in [5.74, 6) is 2.06. The predicted molar refractivity (Wildman–Crippen MR) is 109 cm³/mol. The molecule has 7 heteroatoms. The van der Waals surface area contributed by atoms with Crippen molar-refractivity contribution in [2.24, 2.45) is 15.9 Å². The number of nitrogens with zero attached hydrogens (tertiary/aromatic N) is 2. The van der Waals surface area contributed by atoms with Crippen molar-refractivity contribution >= 4 is 39.1 Å².